The summed E-state index contributed by atoms with van der Waals surface area (Å²) >= 11 is 0. The van der Waals surface area contributed by atoms with E-state index in [0.717, 1.165) is 19.0 Å². The SMILES string of the molecule is CCN1CCCC1CN(C)[C@H]1CCCC[C@@H]1O. The van der Waals surface area contributed by atoms with Crippen molar-refractivity contribution in [1.29, 1.82) is 0 Å². The molecule has 1 saturated carbocycles. The lowest BCUT2D eigenvalue weighted by Crippen LogP contribution is -2.48. The van der Waals surface area contributed by atoms with Crippen LogP contribution >= 0.6 is 0 Å². The molecule has 0 bridgehead atoms. The molecule has 100 valence electrons. The van der Waals surface area contributed by atoms with Gasteiger partial charge in [-0.05, 0) is 45.8 Å². The summed E-state index contributed by atoms with van der Waals surface area (Å²) in [5.41, 5.74) is 0. The first-order chi connectivity index (χ1) is 8.22. The van der Waals surface area contributed by atoms with E-state index in [0.29, 0.717) is 6.04 Å². The fourth-order valence-electron chi connectivity index (χ4n) is 3.59. The summed E-state index contributed by atoms with van der Waals surface area (Å²) in [5, 5.41) is 10.1. The van der Waals surface area contributed by atoms with Crippen molar-refractivity contribution in [2.45, 2.75) is 63.6 Å². The third kappa shape index (κ3) is 3.21. The van der Waals surface area contributed by atoms with Gasteiger partial charge < -0.3 is 5.11 Å². The standard InChI is InChI=1S/C14H28N2O/c1-3-16-10-6-7-12(16)11-15(2)13-8-4-5-9-14(13)17/h12-14,17H,3-11H2,1-2H3/t12?,13-,14-/m0/s1. The van der Waals surface area contributed by atoms with Crippen molar-refractivity contribution >= 4 is 0 Å². The molecule has 1 heterocycles. The van der Waals surface area contributed by atoms with Crippen molar-refractivity contribution in [2.75, 3.05) is 26.7 Å². The zero-order chi connectivity index (χ0) is 12.3. The predicted molar refractivity (Wildman–Crippen MR) is 71.2 cm³/mol. The zero-order valence-corrected chi connectivity index (χ0v) is 11.4. The molecule has 2 aliphatic rings. The summed E-state index contributed by atoms with van der Waals surface area (Å²) in [6.45, 7) is 5.83. The Kier molecular flexibility index (Phi) is 4.83. The summed E-state index contributed by atoms with van der Waals surface area (Å²) in [7, 11) is 2.20. The van der Waals surface area contributed by atoms with E-state index in [4.69, 9.17) is 0 Å². The molecule has 3 heteroatoms. The fourth-order valence-corrected chi connectivity index (χ4v) is 3.59. The minimum Gasteiger partial charge on any atom is -0.391 e. The topological polar surface area (TPSA) is 26.7 Å². The molecule has 2 rings (SSSR count). The van der Waals surface area contributed by atoms with Gasteiger partial charge in [-0.25, -0.2) is 0 Å². The Morgan fingerprint density at radius 1 is 1.18 bits per heavy atom. The Morgan fingerprint density at radius 2 is 1.94 bits per heavy atom. The average molecular weight is 240 g/mol. The minimum atomic E-state index is -0.0924. The van der Waals surface area contributed by atoms with Gasteiger partial charge in [-0.3, -0.25) is 9.80 Å². The Balaban J connectivity index is 1.84. The Bertz CT molecular complexity index is 234. The highest BCUT2D eigenvalue weighted by Crippen LogP contribution is 2.24. The molecule has 0 aromatic carbocycles. The van der Waals surface area contributed by atoms with E-state index in [-0.39, 0.29) is 6.10 Å². The first kappa shape index (κ1) is 13.3. The van der Waals surface area contributed by atoms with Crippen LogP contribution in [0.25, 0.3) is 0 Å². The first-order valence-electron chi connectivity index (χ1n) is 7.34. The van der Waals surface area contributed by atoms with E-state index in [1.54, 1.807) is 0 Å². The Hall–Kier alpha value is -0.120. The summed E-state index contributed by atoms with van der Waals surface area (Å²) in [4.78, 5) is 5.01. The summed E-state index contributed by atoms with van der Waals surface area (Å²) in [5.74, 6) is 0. The number of aliphatic hydroxyl groups excluding tert-OH is 1. The second-order valence-electron chi connectivity index (χ2n) is 5.78. The number of likely N-dealkylation sites (tertiary alicyclic amines) is 1. The van der Waals surface area contributed by atoms with Crippen LogP contribution in [0.2, 0.25) is 0 Å². The highest BCUT2D eigenvalue weighted by atomic mass is 16.3. The molecule has 2 fully saturated rings. The quantitative estimate of drug-likeness (QED) is 0.810. The van der Waals surface area contributed by atoms with Gasteiger partial charge in [-0.1, -0.05) is 19.8 Å². The largest absolute Gasteiger partial charge is 0.391 e. The molecular formula is C14H28N2O. The molecule has 0 radical (unpaired) electrons. The lowest BCUT2D eigenvalue weighted by molar-refractivity contribution is 0.0226. The van der Waals surface area contributed by atoms with Gasteiger partial charge in [0, 0.05) is 18.6 Å². The minimum absolute atomic E-state index is 0.0924. The van der Waals surface area contributed by atoms with Crippen LogP contribution in [0, 0.1) is 0 Å². The number of hydrogen-bond acceptors (Lipinski definition) is 3. The third-order valence-electron chi connectivity index (χ3n) is 4.66. The second-order valence-corrected chi connectivity index (χ2v) is 5.78. The molecule has 0 aromatic rings. The van der Waals surface area contributed by atoms with E-state index in [2.05, 4.69) is 23.8 Å². The van der Waals surface area contributed by atoms with Crippen LogP contribution in [0.1, 0.15) is 45.4 Å². The second kappa shape index (κ2) is 6.17. The Labute approximate surface area is 106 Å². The highest BCUT2D eigenvalue weighted by molar-refractivity contribution is 4.86. The van der Waals surface area contributed by atoms with Crippen molar-refractivity contribution in [2.24, 2.45) is 0 Å². The van der Waals surface area contributed by atoms with Crippen molar-refractivity contribution in [3.05, 3.63) is 0 Å². The van der Waals surface area contributed by atoms with Gasteiger partial charge in [-0.15, -0.1) is 0 Å². The summed E-state index contributed by atoms with van der Waals surface area (Å²) in [6, 6.07) is 1.13. The molecule has 1 saturated heterocycles. The molecule has 1 aliphatic heterocycles. The molecule has 3 atom stereocenters. The van der Waals surface area contributed by atoms with Gasteiger partial charge in [0.15, 0.2) is 0 Å². The van der Waals surface area contributed by atoms with Crippen LogP contribution in [-0.4, -0.2) is 59.8 Å². The van der Waals surface area contributed by atoms with Gasteiger partial charge in [0.1, 0.15) is 0 Å². The molecule has 3 nitrogen and oxygen atoms in total. The maximum atomic E-state index is 10.1. The normalized spacial score (nSPS) is 35.6. The van der Waals surface area contributed by atoms with Crippen molar-refractivity contribution in [3.8, 4) is 0 Å². The van der Waals surface area contributed by atoms with Crippen LogP contribution in [-0.2, 0) is 0 Å². The number of likely N-dealkylation sites (N-methyl/N-ethyl adjacent to an activating group) is 2. The van der Waals surface area contributed by atoms with Crippen LogP contribution in [0.15, 0.2) is 0 Å². The molecule has 1 unspecified atom stereocenters. The van der Waals surface area contributed by atoms with Crippen LogP contribution in [0.3, 0.4) is 0 Å². The van der Waals surface area contributed by atoms with E-state index < -0.39 is 0 Å². The average Bonchev–Trinajstić information content (AvgIpc) is 2.76. The van der Waals surface area contributed by atoms with E-state index in [1.165, 1.54) is 45.2 Å². The zero-order valence-electron chi connectivity index (χ0n) is 11.4. The lowest BCUT2D eigenvalue weighted by atomic mass is 9.91. The number of aliphatic hydroxyl groups is 1. The monoisotopic (exact) mass is 240 g/mol. The van der Waals surface area contributed by atoms with E-state index in [9.17, 15) is 5.11 Å². The molecule has 17 heavy (non-hydrogen) atoms. The van der Waals surface area contributed by atoms with Crippen molar-refractivity contribution < 1.29 is 5.11 Å². The maximum absolute atomic E-state index is 10.1. The molecular weight excluding hydrogens is 212 g/mol. The highest BCUT2D eigenvalue weighted by Gasteiger charge is 2.30. The van der Waals surface area contributed by atoms with Gasteiger partial charge in [0.25, 0.3) is 0 Å². The molecule has 0 aromatic heterocycles. The third-order valence-corrected chi connectivity index (χ3v) is 4.66. The summed E-state index contributed by atoms with van der Waals surface area (Å²) in [6.07, 6.45) is 7.25. The first-order valence-corrected chi connectivity index (χ1v) is 7.34. The van der Waals surface area contributed by atoms with Crippen LogP contribution in [0.4, 0.5) is 0 Å². The van der Waals surface area contributed by atoms with Gasteiger partial charge >= 0.3 is 0 Å². The van der Waals surface area contributed by atoms with Gasteiger partial charge in [-0.2, -0.15) is 0 Å². The van der Waals surface area contributed by atoms with Gasteiger partial charge in [0.05, 0.1) is 6.10 Å². The van der Waals surface area contributed by atoms with Crippen LogP contribution in [0.5, 0.6) is 0 Å². The van der Waals surface area contributed by atoms with Crippen molar-refractivity contribution in [3.63, 3.8) is 0 Å². The molecule has 1 N–H and O–H groups in total. The van der Waals surface area contributed by atoms with E-state index >= 15 is 0 Å². The molecule has 0 spiro atoms. The lowest BCUT2D eigenvalue weighted by Gasteiger charge is -2.37. The number of rotatable bonds is 4. The Morgan fingerprint density at radius 3 is 2.65 bits per heavy atom. The number of nitrogens with zero attached hydrogens (tertiary/aromatic N) is 2. The van der Waals surface area contributed by atoms with E-state index in [1.807, 2.05) is 0 Å². The maximum Gasteiger partial charge on any atom is 0.0695 e. The molecule has 0 amide bonds. The number of hydrogen-bond donors (Lipinski definition) is 1. The smallest absolute Gasteiger partial charge is 0.0695 e. The van der Waals surface area contributed by atoms with Crippen LogP contribution < -0.4 is 0 Å². The molecule has 1 aliphatic carbocycles. The predicted octanol–water partition coefficient (Wildman–Crippen LogP) is 1.71. The van der Waals surface area contributed by atoms with Crippen molar-refractivity contribution in [1.82, 2.24) is 9.80 Å². The van der Waals surface area contributed by atoms with Gasteiger partial charge in [0.2, 0.25) is 0 Å². The fraction of sp³-hybridized carbons (Fsp3) is 1.00. The summed E-state index contributed by atoms with van der Waals surface area (Å²) < 4.78 is 0.